The minimum atomic E-state index is 0.295. The lowest BCUT2D eigenvalue weighted by atomic mass is 10.1. The first-order chi connectivity index (χ1) is 9.97. The first-order valence-electron chi connectivity index (χ1n) is 6.94. The molecule has 0 bridgehead atoms. The van der Waals surface area contributed by atoms with Crippen molar-refractivity contribution in [2.24, 2.45) is 0 Å². The van der Waals surface area contributed by atoms with Crippen LogP contribution in [0.15, 0.2) is 42.5 Å². The molecule has 1 unspecified atom stereocenters. The molecule has 0 fully saturated rings. The van der Waals surface area contributed by atoms with Crippen molar-refractivity contribution in [1.82, 2.24) is 0 Å². The molecule has 0 amide bonds. The number of hydrogen-bond donors (Lipinski definition) is 1. The van der Waals surface area contributed by atoms with Gasteiger partial charge in [-0.25, -0.2) is 0 Å². The van der Waals surface area contributed by atoms with Gasteiger partial charge in [0.05, 0.1) is 16.4 Å². The maximum atomic E-state index is 6.29. The van der Waals surface area contributed by atoms with Crippen molar-refractivity contribution in [2.45, 2.75) is 19.4 Å². The van der Waals surface area contributed by atoms with Gasteiger partial charge in [-0.05, 0) is 43.2 Å². The molecule has 0 aromatic heterocycles. The Bertz CT molecular complexity index is 594. The van der Waals surface area contributed by atoms with E-state index in [9.17, 15) is 0 Å². The van der Waals surface area contributed by atoms with Gasteiger partial charge in [-0.3, -0.25) is 0 Å². The zero-order valence-electron chi connectivity index (χ0n) is 12.5. The Labute approximate surface area is 136 Å². The Balaban J connectivity index is 2.11. The molecule has 0 aliphatic rings. The molecule has 2 aromatic rings. The Morgan fingerprint density at radius 1 is 1.05 bits per heavy atom. The Kier molecular flexibility index (Phi) is 5.38. The van der Waals surface area contributed by atoms with E-state index in [1.165, 1.54) is 5.56 Å². The summed E-state index contributed by atoms with van der Waals surface area (Å²) in [7, 11) is 3.99. The molecule has 0 aliphatic heterocycles. The number of hydrogen-bond acceptors (Lipinski definition) is 2. The van der Waals surface area contributed by atoms with Crippen molar-refractivity contribution in [3.05, 3.63) is 58.1 Å². The van der Waals surface area contributed by atoms with E-state index in [4.69, 9.17) is 23.2 Å². The van der Waals surface area contributed by atoms with E-state index in [-0.39, 0.29) is 0 Å². The predicted octanol–water partition coefficient (Wildman–Crippen LogP) is 5.10. The van der Waals surface area contributed by atoms with E-state index in [0.717, 1.165) is 27.8 Å². The van der Waals surface area contributed by atoms with Crippen LogP contribution in [0.25, 0.3) is 0 Å². The van der Waals surface area contributed by atoms with E-state index in [0.29, 0.717) is 6.04 Å². The molecule has 1 N–H and O–H groups in total. The van der Waals surface area contributed by atoms with Gasteiger partial charge in [-0.2, -0.15) is 0 Å². The first-order valence-corrected chi connectivity index (χ1v) is 7.70. The van der Waals surface area contributed by atoms with Crippen molar-refractivity contribution in [1.29, 1.82) is 0 Å². The van der Waals surface area contributed by atoms with Crippen LogP contribution in [-0.2, 0) is 6.42 Å². The van der Waals surface area contributed by atoms with Gasteiger partial charge < -0.3 is 10.2 Å². The molecule has 21 heavy (non-hydrogen) atoms. The van der Waals surface area contributed by atoms with Gasteiger partial charge in [0.15, 0.2) is 0 Å². The van der Waals surface area contributed by atoms with Crippen LogP contribution in [0.5, 0.6) is 0 Å². The summed E-state index contributed by atoms with van der Waals surface area (Å²) in [6, 6.07) is 14.2. The molecule has 0 saturated heterocycles. The highest BCUT2D eigenvalue weighted by Crippen LogP contribution is 2.33. The molecule has 0 radical (unpaired) electrons. The number of nitrogens with zero attached hydrogens (tertiary/aromatic N) is 1. The highest BCUT2D eigenvalue weighted by atomic mass is 35.5. The van der Waals surface area contributed by atoms with Crippen LogP contribution in [0, 0.1) is 0 Å². The number of para-hydroxylation sites is 1. The second-order valence-corrected chi connectivity index (χ2v) is 6.25. The summed E-state index contributed by atoms with van der Waals surface area (Å²) < 4.78 is 0. The summed E-state index contributed by atoms with van der Waals surface area (Å²) in [5, 5.41) is 5.06. The largest absolute Gasteiger partial charge is 0.381 e. The van der Waals surface area contributed by atoms with Crippen molar-refractivity contribution in [3.63, 3.8) is 0 Å². The van der Waals surface area contributed by atoms with Crippen molar-refractivity contribution < 1.29 is 0 Å². The standard InChI is InChI=1S/C17H20Cl2N2/c1-12(11-13-7-9-14(18)10-8-13)20-16-6-4-5-15(19)17(16)21(2)3/h4-10,12,20H,11H2,1-3H3. The van der Waals surface area contributed by atoms with Crippen molar-refractivity contribution in [3.8, 4) is 0 Å². The summed E-state index contributed by atoms with van der Waals surface area (Å²) in [6.45, 7) is 2.16. The third kappa shape index (κ3) is 4.29. The average molecular weight is 323 g/mol. The van der Waals surface area contributed by atoms with Gasteiger partial charge in [0.1, 0.15) is 0 Å². The monoisotopic (exact) mass is 322 g/mol. The van der Waals surface area contributed by atoms with E-state index >= 15 is 0 Å². The predicted molar refractivity (Wildman–Crippen MR) is 94.0 cm³/mol. The maximum Gasteiger partial charge on any atom is 0.0786 e. The Hall–Kier alpha value is -1.38. The van der Waals surface area contributed by atoms with E-state index in [2.05, 4.69) is 30.4 Å². The van der Waals surface area contributed by atoms with Gasteiger partial charge in [-0.15, -0.1) is 0 Å². The number of rotatable bonds is 5. The molecule has 1 atom stereocenters. The molecule has 2 nitrogen and oxygen atoms in total. The highest BCUT2D eigenvalue weighted by molar-refractivity contribution is 6.34. The van der Waals surface area contributed by atoms with Crippen LogP contribution >= 0.6 is 23.2 Å². The fraction of sp³-hybridized carbons (Fsp3) is 0.294. The molecule has 0 saturated carbocycles. The van der Waals surface area contributed by atoms with E-state index in [1.807, 2.05) is 43.3 Å². The summed E-state index contributed by atoms with van der Waals surface area (Å²) >= 11 is 12.2. The number of benzene rings is 2. The summed E-state index contributed by atoms with van der Waals surface area (Å²) in [5.74, 6) is 0. The number of anilines is 2. The maximum absolute atomic E-state index is 6.29. The lowest BCUT2D eigenvalue weighted by Gasteiger charge is -2.23. The summed E-state index contributed by atoms with van der Waals surface area (Å²) in [4.78, 5) is 2.03. The number of nitrogens with one attached hydrogen (secondary N) is 1. The lowest BCUT2D eigenvalue weighted by molar-refractivity contribution is 0.790. The van der Waals surface area contributed by atoms with Crippen LogP contribution in [-0.4, -0.2) is 20.1 Å². The molecule has 0 spiro atoms. The fourth-order valence-corrected chi connectivity index (χ4v) is 2.85. The van der Waals surface area contributed by atoms with Gasteiger partial charge in [-0.1, -0.05) is 41.4 Å². The van der Waals surface area contributed by atoms with E-state index < -0.39 is 0 Å². The molecule has 2 aromatic carbocycles. The Morgan fingerprint density at radius 2 is 1.71 bits per heavy atom. The van der Waals surface area contributed by atoms with Gasteiger partial charge in [0.25, 0.3) is 0 Å². The topological polar surface area (TPSA) is 15.3 Å². The van der Waals surface area contributed by atoms with Crippen LogP contribution in [0.3, 0.4) is 0 Å². The molecular formula is C17H20Cl2N2. The van der Waals surface area contributed by atoms with Gasteiger partial charge in [0.2, 0.25) is 0 Å². The molecule has 112 valence electrons. The van der Waals surface area contributed by atoms with Crippen LogP contribution in [0.2, 0.25) is 10.0 Å². The molecule has 4 heteroatoms. The summed E-state index contributed by atoms with van der Waals surface area (Å²) in [6.07, 6.45) is 0.927. The fourth-order valence-electron chi connectivity index (χ4n) is 2.38. The smallest absolute Gasteiger partial charge is 0.0786 e. The highest BCUT2D eigenvalue weighted by Gasteiger charge is 2.11. The zero-order chi connectivity index (χ0) is 15.4. The third-order valence-corrected chi connectivity index (χ3v) is 3.85. The van der Waals surface area contributed by atoms with Crippen LogP contribution in [0.1, 0.15) is 12.5 Å². The molecular weight excluding hydrogens is 303 g/mol. The quantitative estimate of drug-likeness (QED) is 0.823. The first kappa shape index (κ1) is 16.0. The summed E-state index contributed by atoms with van der Waals surface area (Å²) in [5.41, 5.74) is 3.32. The molecule has 0 aliphatic carbocycles. The minimum absolute atomic E-state index is 0.295. The zero-order valence-corrected chi connectivity index (χ0v) is 14.0. The normalized spacial score (nSPS) is 12.0. The SMILES string of the molecule is CC(Cc1ccc(Cl)cc1)Nc1cccc(Cl)c1N(C)C. The van der Waals surface area contributed by atoms with Gasteiger partial charge >= 0.3 is 0 Å². The van der Waals surface area contributed by atoms with Gasteiger partial charge in [0, 0.05) is 25.2 Å². The van der Waals surface area contributed by atoms with E-state index in [1.54, 1.807) is 0 Å². The average Bonchev–Trinajstić information content (AvgIpc) is 2.41. The Morgan fingerprint density at radius 3 is 2.33 bits per heavy atom. The number of halogens is 2. The molecule has 0 heterocycles. The second kappa shape index (κ2) is 7.06. The van der Waals surface area contributed by atoms with Crippen molar-refractivity contribution >= 4 is 34.6 Å². The van der Waals surface area contributed by atoms with Crippen LogP contribution < -0.4 is 10.2 Å². The second-order valence-electron chi connectivity index (χ2n) is 5.41. The van der Waals surface area contributed by atoms with Crippen molar-refractivity contribution in [2.75, 3.05) is 24.3 Å². The van der Waals surface area contributed by atoms with Crippen LogP contribution in [0.4, 0.5) is 11.4 Å². The molecule has 2 rings (SSSR count). The lowest BCUT2D eigenvalue weighted by Crippen LogP contribution is -2.20. The third-order valence-electron chi connectivity index (χ3n) is 3.29. The minimum Gasteiger partial charge on any atom is -0.381 e.